The van der Waals surface area contributed by atoms with Crippen LogP contribution < -0.4 is 15.4 Å². The lowest BCUT2D eigenvalue weighted by atomic mass is 10.1. The van der Waals surface area contributed by atoms with Crippen LogP contribution >= 0.6 is 0 Å². The van der Waals surface area contributed by atoms with Crippen LogP contribution in [-0.2, 0) is 11.3 Å². The molecule has 7 heteroatoms. The Morgan fingerprint density at radius 2 is 2.00 bits per heavy atom. The largest absolute Gasteiger partial charge is 0.491 e. The maximum absolute atomic E-state index is 13.9. The van der Waals surface area contributed by atoms with Gasteiger partial charge in [0.15, 0.2) is 17.5 Å². The number of nitrogens with one attached hydrogen (secondary N) is 2. The van der Waals surface area contributed by atoms with Crippen LogP contribution in [0.3, 0.4) is 0 Å². The smallest absolute Gasteiger partial charge is 0.240 e. The monoisotopic (exact) mass is 366 g/mol. The number of ether oxygens (including phenoxy) is 1. The van der Waals surface area contributed by atoms with E-state index in [1.165, 1.54) is 6.07 Å². The van der Waals surface area contributed by atoms with E-state index in [0.717, 1.165) is 5.56 Å². The van der Waals surface area contributed by atoms with Gasteiger partial charge in [-0.25, -0.2) is 9.38 Å². The Balaban J connectivity index is 2.79. The van der Waals surface area contributed by atoms with Gasteiger partial charge in [0.25, 0.3) is 0 Å². The van der Waals surface area contributed by atoms with Crippen LogP contribution in [0.25, 0.3) is 0 Å². The van der Waals surface area contributed by atoms with Crippen LogP contribution in [0.4, 0.5) is 4.39 Å². The Morgan fingerprint density at radius 1 is 1.31 bits per heavy atom. The zero-order valence-electron chi connectivity index (χ0n) is 16.6. The highest BCUT2D eigenvalue weighted by atomic mass is 19.1. The highest BCUT2D eigenvalue weighted by Crippen LogP contribution is 2.18. The molecular weight excluding hydrogens is 335 g/mol. The van der Waals surface area contributed by atoms with Crippen molar-refractivity contribution < 1.29 is 13.9 Å². The number of hydrogen-bond donors (Lipinski definition) is 2. The molecule has 0 saturated carbocycles. The number of guanidine groups is 1. The average molecular weight is 366 g/mol. The number of aliphatic imine (C=N–C) groups is 1. The topological polar surface area (TPSA) is 66.0 Å². The predicted molar refractivity (Wildman–Crippen MR) is 103 cm³/mol. The lowest BCUT2D eigenvalue weighted by Gasteiger charge is -2.25. The summed E-state index contributed by atoms with van der Waals surface area (Å²) in [6.07, 6.45) is 0. The van der Waals surface area contributed by atoms with Crippen molar-refractivity contribution >= 4 is 11.9 Å². The molecule has 0 aliphatic rings. The fourth-order valence-corrected chi connectivity index (χ4v) is 2.30. The first-order valence-electron chi connectivity index (χ1n) is 8.88. The maximum atomic E-state index is 13.9. The fourth-order valence-electron chi connectivity index (χ4n) is 2.30. The minimum absolute atomic E-state index is 0.0854. The number of hydrogen-bond acceptors (Lipinski definition) is 3. The molecule has 0 bridgehead atoms. The highest BCUT2D eigenvalue weighted by Gasteiger charge is 2.16. The van der Waals surface area contributed by atoms with Gasteiger partial charge in [0.05, 0.1) is 19.7 Å². The molecule has 0 fully saturated rings. The number of halogens is 1. The van der Waals surface area contributed by atoms with Crippen molar-refractivity contribution in [2.75, 3.05) is 26.7 Å². The molecule has 0 radical (unpaired) electrons. The summed E-state index contributed by atoms with van der Waals surface area (Å²) in [5.74, 6) is 0.342. The van der Waals surface area contributed by atoms with Gasteiger partial charge in [-0.2, -0.15) is 0 Å². The van der Waals surface area contributed by atoms with Gasteiger partial charge in [-0.05, 0) is 52.3 Å². The van der Waals surface area contributed by atoms with Crippen molar-refractivity contribution in [3.8, 4) is 5.75 Å². The summed E-state index contributed by atoms with van der Waals surface area (Å²) in [4.78, 5) is 18.3. The molecule has 0 aliphatic carbocycles. The van der Waals surface area contributed by atoms with Crippen LogP contribution in [0.1, 0.15) is 40.2 Å². The third-order valence-electron chi connectivity index (χ3n) is 3.30. The first kappa shape index (κ1) is 21.7. The number of likely N-dealkylation sites (N-methyl/N-ethyl adjacent to an activating group) is 1. The summed E-state index contributed by atoms with van der Waals surface area (Å²) < 4.78 is 19.1. The normalized spacial score (nSPS) is 11.9. The van der Waals surface area contributed by atoms with Gasteiger partial charge in [0, 0.05) is 19.1 Å². The van der Waals surface area contributed by atoms with E-state index in [0.29, 0.717) is 25.7 Å². The van der Waals surface area contributed by atoms with E-state index >= 15 is 0 Å². The zero-order valence-corrected chi connectivity index (χ0v) is 16.6. The van der Waals surface area contributed by atoms with Gasteiger partial charge in [-0.15, -0.1) is 0 Å². The number of carbonyl (C=O) groups excluding carboxylic acids is 1. The quantitative estimate of drug-likeness (QED) is 0.575. The molecule has 146 valence electrons. The first-order chi connectivity index (χ1) is 12.2. The number of benzene rings is 1. The summed E-state index contributed by atoms with van der Waals surface area (Å²) >= 11 is 0. The Bertz CT molecular complexity index is 626. The van der Waals surface area contributed by atoms with Crippen LogP contribution in [0.2, 0.25) is 0 Å². The predicted octanol–water partition coefficient (Wildman–Crippen LogP) is 2.54. The molecule has 0 aromatic heterocycles. The van der Waals surface area contributed by atoms with Gasteiger partial charge in [-0.3, -0.25) is 4.79 Å². The van der Waals surface area contributed by atoms with E-state index in [-0.39, 0.29) is 23.7 Å². The van der Waals surface area contributed by atoms with Gasteiger partial charge in [0.1, 0.15) is 0 Å². The summed E-state index contributed by atoms with van der Waals surface area (Å²) in [6, 6.07) is 4.81. The van der Waals surface area contributed by atoms with E-state index in [4.69, 9.17) is 4.74 Å². The Morgan fingerprint density at radius 3 is 2.54 bits per heavy atom. The van der Waals surface area contributed by atoms with E-state index in [2.05, 4.69) is 15.6 Å². The van der Waals surface area contributed by atoms with Crippen molar-refractivity contribution in [2.45, 2.75) is 46.7 Å². The molecule has 2 N–H and O–H groups in total. The molecule has 0 heterocycles. The zero-order chi connectivity index (χ0) is 19.7. The third kappa shape index (κ3) is 7.72. The van der Waals surface area contributed by atoms with E-state index in [9.17, 15) is 9.18 Å². The van der Waals surface area contributed by atoms with Gasteiger partial charge >= 0.3 is 0 Å². The van der Waals surface area contributed by atoms with Crippen LogP contribution in [0.5, 0.6) is 5.75 Å². The summed E-state index contributed by atoms with van der Waals surface area (Å²) in [5.41, 5.74) is 0.446. The van der Waals surface area contributed by atoms with Crippen molar-refractivity contribution in [1.82, 2.24) is 15.5 Å². The average Bonchev–Trinajstić information content (AvgIpc) is 2.51. The third-order valence-corrected chi connectivity index (χ3v) is 3.30. The first-order valence-corrected chi connectivity index (χ1v) is 8.88. The van der Waals surface area contributed by atoms with Crippen LogP contribution in [-0.4, -0.2) is 49.0 Å². The lowest BCUT2D eigenvalue weighted by Crippen LogP contribution is -2.48. The van der Waals surface area contributed by atoms with Crippen molar-refractivity contribution in [3.05, 3.63) is 29.6 Å². The SMILES string of the molecule is CCNC(=NCc1ccc(OCC)c(F)c1)N(C)CC(=O)NC(C)(C)C. The Hall–Kier alpha value is -2.31. The summed E-state index contributed by atoms with van der Waals surface area (Å²) in [7, 11) is 1.79. The van der Waals surface area contributed by atoms with E-state index in [1.54, 1.807) is 24.1 Å². The Kier molecular flexibility index (Phi) is 8.35. The second-order valence-corrected chi connectivity index (χ2v) is 7.02. The summed E-state index contributed by atoms with van der Waals surface area (Å²) in [6.45, 7) is 11.1. The maximum Gasteiger partial charge on any atom is 0.240 e. The second kappa shape index (κ2) is 9.99. The molecule has 6 nitrogen and oxygen atoms in total. The van der Waals surface area contributed by atoms with Crippen LogP contribution in [0.15, 0.2) is 23.2 Å². The number of amides is 1. The van der Waals surface area contributed by atoms with Crippen molar-refractivity contribution in [3.63, 3.8) is 0 Å². The molecule has 0 saturated heterocycles. The number of rotatable bonds is 7. The molecule has 1 amide bonds. The molecule has 0 unspecified atom stereocenters. The standard InChI is InChI=1S/C19H31FN4O2/c1-7-21-18(24(6)13-17(25)23-19(3,4)5)22-12-14-9-10-16(26-8-2)15(20)11-14/h9-11H,7-8,12-13H2,1-6H3,(H,21,22)(H,23,25). The molecule has 1 aromatic carbocycles. The fraction of sp³-hybridized carbons (Fsp3) is 0.579. The minimum Gasteiger partial charge on any atom is -0.491 e. The van der Waals surface area contributed by atoms with Gasteiger partial charge in [0.2, 0.25) is 5.91 Å². The molecule has 1 aromatic rings. The minimum atomic E-state index is -0.400. The highest BCUT2D eigenvalue weighted by molar-refractivity contribution is 5.86. The van der Waals surface area contributed by atoms with Gasteiger partial charge < -0.3 is 20.3 Å². The van der Waals surface area contributed by atoms with Crippen LogP contribution in [0, 0.1) is 5.82 Å². The van der Waals surface area contributed by atoms with E-state index in [1.807, 2.05) is 34.6 Å². The van der Waals surface area contributed by atoms with Gasteiger partial charge in [-0.1, -0.05) is 6.07 Å². The van der Waals surface area contributed by atoms with Crippen molar-refractivity contribution in [2.24, 2.45) is 4.99 Å². The molecule has 0 atom stereocenters. The number of nitrogens with zero attached hydrogens (tertiary/aromatic N) is 2. The lowest BCUT2D eigenvalue weighted by molar-refractivity contribution is -0.122. The molecule has 0 spiro atoms. The molecular formula is C19H31FN4O2. The molecule has 0 aliphatic heterocycles. The second-order valence-electron chi connectivity index (χ2n) is 7.02. The van der Waals surface area contributed by atoms with Crippen molar-refractivity contribution in [1.29, 1.82) is 0 Å². The number of carbonyl (C=O) groups is 1. The Labute approximate surface area is 155 Å². The van der Waals surface area contributed by atoms with E-state index < -0.39 is 5.82 Å². The summed E-state index contributed by atoms with van der Waals surface area (Å²) in [5, 5.41) is 6.06. The molecule has 26 heavy (non-hydrogen) atoms. The molecule has 1 rings (SSSR count).